The summed E-state index contributed by atoms with van der Waals surface area (Å²) in [6.07, 6.45) is 1.58. The number of aromatic nitrogens is 1. The molecule has 0 bridgehead atoms. The van der Waals surface area contributed by atoms with Gasteiger partial charge in [-0.2, -0.15) is 0 Å². The van der Waals surface area contributed by atoms with Crippen molar-refractivity contribution in [3.05, 3.63) is 76.3 Å². The molecule has 3 heterocycles. The minimum absolute atomic E-state index is 0.0142. The number of amides is 1. The van der Waals surface area contributed by atoms with Gasteiger partial charge in [-0.3, -0.25) is 14.5 Å². The average molecular weight is 477 g/mol. The summed E-state index contributed by atoms with van der Waals surface area (Å²) in [7, 11) is 0. The van der Waals surface area contributed by atoms with E-state index in [4.69, 9.17) is 9.47 Å². The van der Waals surface area contributed by atoms with Crippen LogP contribution >= 0.6 is 11.3 Å². The molecule has 3 aromatic rings. The van der Waals surface area contributed by atoms with Crippen molar-refractivity contribution in [1.29, 1.82) is 0 Å². The third kappa shape index (κ3) is 3.74. The van der Waals surface area contributed by atoms with Gasteiger partial charge in [-0.05, 0) is 34.7 Å². The number of aliphatic hydroxyl groups excluding tert-OH is 1. The first-order valence-electron chi connectivity index (χ1n) is 11.0. The van der Waals surface area contributed by atoms with Crippen LogP contribution in [-0.2, 0) is 15.0 Å². The highest BCUT2D eigenvalue weighted by molar-refractivity contribution is 7.14. The Labute approximate surface area is 201 Å². The first kappa shape index (κ1) is 22.2. The Morgan fingerprint density at radius 2 is 1.76 bits per heavy atom. The lowest BCUT2D eigenvalue weighted by Gasteiger charge is -2.25. The number of benzene rings is 2. The smallest absolute Gasteiger partial charge is 0.301 e. The van der Waals surface area contributed by atoms with E-state index in [0.29, 0.717) is 41.0 Å². The van der Waals surface area contributed by atoms with Crippen LogP contribution < -0.4 is 14.4 Å². The van der Waals surface area contributed by atoms with E-state index in [-0.39, 0.29) is 16.7 Å². The summed E-state index contributed by atoms with van der Waals surface area (Å²) in [5.74, 6) is -0.693. The molecule has 7 nitrogen and oxygen atoms in total. The molecule has 0 aliphatic carbocycles. The molecule has 1 aromatic heterocycles. The average Bonchev–Trinajstić information content (AvgIpc) is 3.44. The number of anilines is 1. The normalized spacial score (nSPS) is 19.5. The van der Waals surface area contributed by atoms with Crippen LogP contribution in [-0.4, -0.2) is 35.0 Å². The highest BCUT2D eigenvalue weighted by Crippen LogP contribution is 2.44. The summed E-state index contributed by atoms with van der Waals surface area (Å²) < 4.78 is 11.2. The summed E-state index contributed by atoms with van der Waals surface area (Å²) in [6.45, 7) is 7.19. The third-order valence-corrected chi connectivity index (χ3v) is 6.75. The summed E-state index contributed by atoms with van der Waals surface area (Å²) in [4.78, 5) is 32.0. The van der Waals surface area contributed by atoms with E-state index in [0.717, 1.165) is 5.56 Å². The predicted molar refractivity (Wildman–Crippen MR) is 129 cm³/mol. The number of fused-ring (bicyclic) bond motifs is 1. The van der Waals surface area contributed by atoms with Crippen molar-refractivity contribution in [2.24, 2.45) is 0 Å². The van der Waals surface area contributed by atoms with E-state index in [2.05, 4.69) is 25.8 Å². The molecule has 1 amide bonds. The van der Waals surface area contributed by atoms with Gasteiger partial charge in [0.15, 0.2) is 16.6 Å². The second-order valence-corrected chi connectivity index (χ2v) is 10.1. The van der Waals surface area contributed by atoms with Crippen LogP contribution in [0.1, 0.15) is 43.5 Å². The Kier molecular flexibility index (Phi) is 5.40. The van der Waals surface area contributed by atoms with Crippen molar-refractivity contribution in [2.45, 2.75) is 32.2 Å². The molecule has 1 unspecified atom stereocenters. The number of hydrogen-bond donors (Lipinski definition) is 1. The lowest BCUT2D eigenvalue weighted by Crippen LogP contribution is -2.29. The zero-order chi connectivity index (χ0) is 24.0. The zero-order valence-corrected chi connectivity index (χ0v) is 19.9. The summed E-state index contributed by atoms with van der Waals surface area (Å²) in [6, 6.07) is 11.9. The molecule has 2 aliphatic heterocycles. The first-order chi connectivity index (χ1) is 16.3. The van der Waals surface area contributed by atoms with Gasteiger partial charge >= 0.3 is 5.91 Å². The number of carbonyl (C=O) groups is 2. The van der Waals surface area contributed by atoms with Crippen LogP contribution in [0.4, 0.5) is 5.13 Å². The fourth-order valence-corrected chi connectivity index (χ4v) is 4.86. The summed E-state index contributed by atoms with van der Waals surface area (Å²) in [5.41, 5.74) is 2.16. The van der Waals surface area contributed by atoms with E-state index in [9.17, 15) is 14.7 Å². The number of ether oxygens (including phenoxy) is 2. The molecule has 34 heavy (non-hydrogen) atoms. The van der Waals surface area contributed by atoms with Gasteiger partial charge in [0, 0.05) is 17.1 Å². The van der Waals surface area contributed by atoms with Crippen molar-refractivity contribution in [2.75, 3.05) is 18.1 Å². The largest absolute Gasteiger partial charge is 0.507 e. The maximum absolute atomic E-state index is 13.2. The van der Waals surface area contributed by atoms with Gasteiger partial charge in [0.1, 0.15) is 19.0 Å². The van der Waals surface area contributed by atoms with Gasteiger partial charge in [0.05, 0.1) is 11.6 Å². The summed E-state index contributed by atoms with van der Waals surface area (Å²) >= 11 is 1.26. The Balaban J connectivity index is 1.66. The maximum Gasteiger partial charge on any atom is 0.301 e. The molecule has 1 fully saturated rings. The monoisotopic (exact) mass is 476 g/mol. The quantitative estimate of drug-likeness (QED) is 0.331. The second kappa shape index (κ2) is 8.29. The van der Waals surface area contributed by atoms with Crippen LogP contribution in [0.5, 0.6) is 11.5 Å². The van der Waals surface area contributed by atoms with Gasteiger partial charge in [-0.1, -0.05) is 45.0 Å². The van der Waals surface area contributed by atoms with Crippen LogP contribution in [0.15, 0.2) is 59.6 Å². The second-order valence-electron chi connectivity index (χ2n) is 9.21. The van der Waals surface area contributed by atoms with Gasteiger partial charge < -0.3 is 14.6 Å². The van der Waals surface area contributed by atoms with Gasteiger partial charge in [0.25, 0.3) is 5.78 Å². The predicted octanol–water partition coefficient (Wildman–Crippen LogP) is 4.84. The Morgan fingerprint density at radius 3 is 2.41 bits per heavy atom. The van der Waals surface area contributed by atoms with E-state index in [1.807, 2.05) is 24.3 Å². The van der Waals surface area contributed by atoms with Gasteiger partial charge in [-0.15, -0.1) is 11.3 Å². The van der Waals surface area contributed by atoms with E-state index >= 15 is 0 Å². The topological polar surface area (TPSA) is 89.0 Å². The minimum atomic E-state index is -0.812. The van der Waals surface area contributed by atoms with Crippen molar-refractivity contribution < 1.29 is 24.2 Å². The maximum atomic E-state index is 13.2. The molecule has 1 saturated heterocycles. The molecule has 174 valence electrons. The molecule has 0 spiro atoms. The minimum Gasteiger partial charge on any atom is -0.507 e. The highest BCUT2D eigenvalue weighted by atomic mass is 32.1. The highest BCUT2D eigenvalue weighted by Gasteiger charge is 2.48. The standard InChI is InChI=1S/C26H24N2O5S/c1-26(2,3)17-7-4-15(5-8-17)21-20(23(30)24(31)28(21)25-27-10-13-34-25)22(29)16-6-9-18-19(14-16)33-12-11-32-18/h4-10,13-14,21,29H,11-12H2,1-3H3. The van der Waals surface area contributed by atoms with Crippen LogP contribution in [0.3, 0.4) is 0 Å². The number of Topliss-reactive ketones (excluding diaryl/α,β-unsaturated/α-hetero) is 1. The molecule has 0 saturated carbocycles. The van der Waals surface area contributed by atoms with Crippen molar-refractivity contribution in [3.63, 3.8) is 0 Å². The number of aliphatic hydroxyl groups is 1. The number of hydrogen-bond acceptors (Lipinski definition) is 7. The molecule has 8 heteroatoms. The van der Waals surface area contributed by atoms with Crippen molar-refractivity contribution in [1.82, 2.24) is 4.98 Å². The zero-order valence-electron chi connectivity index (χ0n) is 19.1. The van der Waals surface area contributed by atoms with Crippen molar-refractivity contribution in [3.8, 4) is 11.5 Å². The lowest BCUT2D eigenvalue weighted by molar-refractivity contribution is -0.132. The SMILES string of the molecule is CC(C)(C)c1ccc(C2C(=C(O)c3ccc4c(c3)OCCO4)C(=O)C(=O)N2c2nccs2)cc1. The van der Waals surface area contributed by atoms with Crippen LogP contribution in [0.25, 0.3) is 5.76 Å². The lowest BCUT2D eigenvalue weighted by atomic mass is 9.85. The summed E-state index contributed by atoms with van der Waals surface area (Å²) in [5, 5.41) is 13.4. The number of thiazole rings is 1. The number of rotatable bonds is 3. The molecule has 0 radical (unpaired) electrons. The van der Waals surface area contributed by atoms with Gasteiger partial charge in [0.2, 0.25) is 0 Å². The number of ketones is 1. The fourth-order valence-electron chi connectivity index (χ4n) is 4.19. The molecular weight excluding hydrogens is 452 g/mol. The first-order valence-corrected chi connectivity index (χ1v) is 11.8. The van der Waals surface area contributed by atoms with E-state index < -0.39 is 17.7 Å². The fraction of sp³-hybridized carbons (Fsp3) is 0.269. The molecule has 1 atom stereocenters. The van der Waals surface area contributed by atoms with Crippen LogP contribution in [0, 0.1) is 0 Å². The van der Waals surface area contributed by atoms with Crippen LogP contribution in [0.2, 0.25) is 0 Å². The Morgan fingerprint density at radius 1 is 1.06 bits per heavy atom. The number of nitrogens with zero attached hydrogens (tertiary/aromatic N) is 2. The Bertz CT molecular complexity index is 1290. The molecular formula is C26H24N2O5S. The Hall–Kier alpha value is -3.65. The molecule has 2 aliphatic rings. The van der Waals surface area contributed by atoms with E-state index in [1.165, 1.54) is 16.2 Å². The van der Waals surface area contributed by atoms with Crippen molar-refractivity contribution >= 4 is 33.9 Å². The molecule has 1 N–H and O–H groups in total. The van der Waals surface area contributed by atoms with Gasteiger partial charge in [-0.25, -0.2) is 4.98 Å². The molecule has 2 aromatic carbocycles. The van der Waals surface area contributed by atoms with E-state index in [1.54, 1.807) is 29.8 Å². The number of carbonyl (C=O) groups excluding carboxylic acids is 2. The third-order valence-electron chi connectivity index (χ3n) is 5.98. The molecule has 5 rings (SSSR count).